The third-order valence-electron chi connectivity index (χ3n) is 6.34. The number of tetrazole rings is 1. The molecule has 172 valence electrons. The molecule has 9 nitrogen and oxygen atoms in total. The lowest BCUT2D eigenvalue weighted by atomic mass is 9.79. The number of aromatic nitrogens is 6. The summed E-state index contributed by atoms with van der Waals surface area (Å²) >= 11 is 0. The van der Waals surface area contributed by atoms with E-state index in [-0.39, 0.29) is 0 Å². The van der Waals surface area contributed by atoms with Crippen LogP contribution in [-0.4, -0.2) is 62.8 Å². The van der Waals surface area contributed by atoms with Gasteiger partial charge in [-0.1, -0.05) is 19.6 Å². The van der Waals surface area contributed by atoms with Gasteiger partial charge in [-0.05, 0) is 56.3 Å². The van der Waals surface area contributed by atoms with Crippen LogP contribution in [0.2, 0.25) is 25.7 Å². The number of pyridine rings is 1. The molecule has 4 rings (SSSR count). The van der Waals surface area contributed by atoms with Crippen LogP contribution < -0.4 is 5.46 Å². The summed E-state index contributed by atoms with van der Waals surface area (Å²) in [5, 5.41) is 12.7. The van der Waals surface area contributed by atoms with Crippen molar-refractivity contribution in [3.8, 4) is 11.5 Å². The Morgan fingerprint density at radius 2 is 1.78 bits per heavy atom. The summed E-state index contributed by atoms with van der Waals surface area (Å²) in [4.78, 5) is 4.89. The van der Waals surface area contributed by atoms with Gasteiger partial charge in [-0.25, -0.2) is 9.67 Å². The van der Waals surface area contributed by atoms with E-state index in [1.54, 1.807) is 11.7 Å². The predicted octanol–water partition coefficient (Wildman–Crippen LogP) is 2.84. The van der Waals surface area contributed by atoms with Gasteiger partial charge in [0.1, 0.15) is 18.1 Å². The van der Waals surface area contributed by atoms with E-state index in [1.165, 1.54) is 0 Å². The maximum atomic E-state index is 6.33. The zero-order chi connectivity index (χ0) is 23.3. The fourth-order valence-corrected chi connectivity index (χ4v) is 4.32. The molecule has 0 saturated carbocycles. The van der Waals surface area contributed by atoms with E-state index in [0.717, 1.165) is 29.1 Å². The normalized spacial score (nSPS) is 18.1. The van der Waals surface area contributed by atoms with Crippen LogP contribution in [0.4, 0.5) is 0 Å². The fraction of sp³-hybridized carbons (Fsp3) is 0.619. The van der Waals surface area contributed by atoms with Crippen LogP contribution >= 0.6 is 0 Å². The molecule has 0 N–H and O–H groups in total. The Bertz CT molecular complexity index is 1100. The summed E-state index contributed by atoms with van der Waals surface area (Å²) < 4.78 is 22.3. The molecule has 4 heterocycles. The maximum Gasteiger partial charge on any atom is 0.497 e. The molecule has 0 bridgehead atoms. The predicted molar refractivity (Wildman–Crippen MR) is 127 cm³/mol. The summed E-state index contributed by atoms with van der Waals surface area (Å²) in [5.41, 5.74) is 1.60. The van der Waals surface area contributed by atoms with Crippen molar-refractivity contribution in [2.45, 2.75) is 71.3 Å². The summed E-state index contributed by atoms with van der Waals surface area (Å²) in [6.07, 6.45) is 2.03. The number of hydrogen-bond donors (Lipinski definition) is 0. The second-order valence-electron chi connectivity index (χ2n) is 10.7. The average Bonchev–Trinajstić information content (AvgIpc) is 3.32. The van der Waals surface area contributed by atoms with Crippen LogP contribution in [0.3, 0.4) is 0 Å². The van der Waals surface area contributed by atoms with Gasteiger partial charge < -0.3 is 18.6 Å². The average molecular weight is 456 g/mol. The van der Waals surface area contributed by atoms with Crippen LogP contribution in [0.15, 0.2) is 18.3 Å². The maximum absolute atomic E-state index is 6.33. The van der Waals surface area contributed by atoms with Gasteiger partial charge in [0.2, 0.25) is 0 Å². The van der Waals surface area contributed by atoms with Gasteiger partial charge >= 0.3 is 7.12 Å². The van der Waals surface area contributed by atoms with Crippen LogP contribution in [0.1, 0.15) is 27.7 Å². The summed E-state index contributed by atoms with van der Waals surface area (Å²) in [6.45, 7) is 16.4. The van der Waals surface area contributed by atoms with Crippen LogP contribution in [0, 0.1) is 0 Å². The van der Waals surface area contributed by atoms with E-state index in [2.05, 4.69) is 62.9 Å². The van der Waals surface area contributed by atoms with Gasteiger partial charge in [0, 0.05) is 38.8 Å². The van der Waals surface area contributed by atoms with E-state index < -0.39 is 26.4 Å². The zero-order valence-electron chi connectivity index (χ0n) is 20.3. The highest BCUT2D eigenvalue weighted by Crippen LogP contribution is 2.37. The largest absolute Gasteiger partial charge is 0.497 e. The lowest BCUT2D eigenvalue weighted by molar-refractivity contribution is 0.00578. The molecule has 11 heteroatoms. The minimum absolute atomic E-state index is 0.411. The quantitative estimate of drug-likeness (QED) is 0.399. The number of rotatable bonds is 7. The first kappa shape index (κ1) is 23.1. The molecule has 32 heavy (non-hydrogen) atoms. The van der Waals surface area contributed by atoms with Gasteiger partial charge in [0.25, 0.3) is 0 Å². The molecular weight excluding hydrogens is 423 g/mol. The molecule has 0 unspecified atom stereocenters. The van der Waals surface area contributed by atoms with Gasteiger partial charge in [0.15, 0.2) is 5.82 Å². The highest BCUT2D eigenvalue weighted by atomic mass is 28.3. The Hall–Kier alpha value is -2.08. The molecule has 0 spiro atoms. The van der Waals surface area contributed by atoms with E-state index >= 15 is 0 Å². The second kappa shape index (κ2) is 8.05. The molecule has 1 saturated heterocycles. The molecule has 0 amide bonds. The van der Waals surface area contributed by atoms with Crippen LogP contribution in [-0.2, 0) is 27.8 Å². The van der Waals surface area contributed by atoms with Crippen molar-refractivity contribution in [3.63, 3.8) is 0 Å². The summed E-state index contributed by atoms with van der Waals surface area (Å²) in [6, 6.07) is 5.07. The van der Waals surface area contributed by atoms with E-state index in [1.807, 2.05) is 22.9 Å². The molecule has 3 aromatic rings. The van der Waals surface area contributed by atoms with Gasteiger partial charge in [-0.3, -0.25) is 0 Å². The zero-order valence-corrected chi connectivity index (χ0v) is 21.3. The Labute approximate surface area is 190 Å². The van der Waals surface area contributed by atoms with Gasteiger partial charge in [0.05, 0.1) is 11.2 Å². The lowest BCUT2D eigenvalue weighted by Gasteiger charge is -2.32. The Kier molecular flexibility index (Phi) is 5.81. The SMILES string of the molecule is Cn1nnnc1-c1ccc2c(B3OC(C)(C)C(C)(C)O3)cn(COCC[Si](C)(C)C)c2n1. The van der Waals surface area contributed by atoms with Crippen molar-refractivity contribution in [2.24, 2.45) is 7.05 Å². The molecule has 0 radical (unpaired) electrons. The molecule has 1 aliphatic rings. The Morgan fingerprint density at radius 3 is 2.38 bits per heavy atom. The van der Waals surface area contributed by atoms with Crippen molar-refractivity contribution >= 4 is 31.7 Å². The number of aryl methyl sites for hydroxylation is 1. The molecule has 1 fully saturated rings. The van der Waals surface area contributed by atoms with E-state index in [0.29, 0.717) is 18.2 Å². The first-order valence-electron chi connectivity index (χ1n) is 11.0. The monoisotopic (exact) mass is 456 g/mol. The molecule has 0 aromatic carbocycles. The minimum Gasteiger partial charge on any atom is -0.399 e. The van der Waals surface area contributed by atoms with Crippen LogP contribution in [0.5, 0.6) is 0 Å². The van der Waals surface area contributed by atoms with Crippen molar-refractivity contribution in [2.75, 3.05) is 6.61 Å². The first-order valence-corrected chi connectivity index (χ1v) is 14.7. The van der Waals surface area contributed by atoms with Crippen LogP contribution in [0.25, 0.3) is 22.6 Å². The standard InChI is InChI=1S/C21H33BN6O3Si/c1-20(2)21(3,4)31-22(30-20)16-13-28(14-29-11-12-32(6,7)8)18-15(16)9-10-17(23-18)19-24-25-26-27(19)5/h9-10,13H,11-12,14H2,1-8H3. The fourth-order valence-electron chi connectivity index (χ4n) is 3.56. The molecule has 0 aliphatic carbocycles. The van der Waals surface area contributed by atoms with Crippen molar-refractivity contribution in [1.82, 2.24) is 29.8 Å². The third kappa shape index (κ3) is 4.39. The molecule has 0 atom stereocenters. The summed E-state index contributed by atoms with van der Waals surface area (Å²) in [5.74, 6) is 0.608. The molecule has 3 aromatic heterocycles. The molecule has 1 aliphatic heterocycles. The highest BCUT2D eigenvalue weighted by molar-refractivity contribution is 6.76. The summed E-state index contributed by atoms with van der Waals surface area (Å²) in [7, 11) is 0.161. The van der Waals surface area contributed by atoms with E-state index in [9.17, 15) is 0 Å². The van der Waals surface area contributed by atoms with Crippen molar-refractivity contribution in [3.05, 3.63) is 18.3 Å². The van der Waals surface area contributed by atoms with Gasteiger partial charge in [-0.2, -0.15) is 0 Å². The number of fused-ring (bicyclic) bond motifs is 1. The first-order chi connectivity index (χ1) is 14.9. The molecular formula is C21H33BN6O3Si. The van der Waals surface area contributed by atoms with Gasteiger partial charge in [-0.15, -0.1) is 5.10 Å². The topological polar surface area (TPSA) is 89.1 Å². The Balaban J connectivity index is 1.70. The second-order valence-corrected chi connectivity index (χ2v) is 16.3. The number of ether oxygens (including phenoxy) is 1. The van der Waals surface area contributed by atoms with E-state index in [4.69, 9.17) is 19.0 Å². The third-order valence-corrected chi connectivity index (χ3v) is 8.04. The smallest absolute Gasteiger partial charge is 0.399 e. The van der Waals surface area contributed by atoms with Crippen molar-refractivity contribution in [1.29, 1.82) is 0 Å². The highest BCUT2D eigenvalue weighted by Gasteiger charge is 2.52. The Morgan fingerprint density at radius 1 is 1.09 bits per heavy atom. The number of hydrogen-bond acceptors (Lipinski definition) is 7. The van der Waals surface area contributed by atoms with Crippen molar-refractivity contribution < 1.29 is 14.0 Å². The minimum atomic E-state index is -1.16. The number of nitrogens with zero attached hydrogens (tertiary/aromatic N) is 6. The lowest BCUT2D eigenvalue weighted by Crippen LogP contribution is -2.41.